The van der Waals surface area contributed by atoms with Gasteiger partial charge in [0.1, 0.15) is 0 Å². The van der Waals surface area contributed by atoms with Crippen molar-refractivity contribution in [3.05, 3.63) is 0 Å². The van der Waals surface area contributed by atoms with Gasteiger partial charge in [0.25, 0.3) is 0 Å². The molecular weight excluding hydrogens is 112 g/mol. The number of hydrogen-bond donors (Lipinski definition) is 0. The lowest BCUT2D eigenvalue weighted by atomic mass is 10.5. The molecule has 0 aromatic rings. The molecule has 2 heteroatoms. The van der Waals surface area contributed by atoms with Gasteiger partial charge >= 0.3 is 0 Å². The summed E-state index contributed by atoms with van der Waals surface area (Å²) in [4.78, 5) is 7.60. The molecule has 0 saturated carbocycles. The topological polar surface area (TPSA) is 24.7 Å². The minimum Gasteiger partial charge on any atom is -0.295 e. The molecule has 0 aromatic carbocycles. The summed E-state index contributed by atoms with van der Waals surface area (Å²) in [7, 11) is 3.48. The van der Waals surface area contributed by atoms with Gasteiger partial charge in [-0.05, 0) is 6.92 Å². The molecule has 0 rings (SSSR count). The molecule has 0 bridgehead atoms. The molecule has 0 saturated heterocycles. The van der Waals surface area contributed by atoms with E-state index in [1.807, 2.05) is 20.8 Å². The zero-order valence-electron chi connectivity index (χ0n) is 6.97. The Morgan fingerprint density at radius 2 is 1.67 bits per heavy atom. The van der Waals surface area contributed by atoms with Crippen LogP contribution in [0, 0.1) is 0 Å². The Balaban J connectivity index is 0. The van der Waals surface area contributed by atoms with Crippen molar-refractivity contribution in [2.24, 2.45) is 9.98 Å². The van der Waals surface area contributed by atoms with Gasteiger partial charge in [0.05, 0.1) is 0 Å². The van der Waals surface area contributed by atoms with Gasteiger partial charge in [-0.3, -0.25) is 9.98 Å². The second-order valence-electron chi connectivity index (χ2n) is 1.25. The molecule has 0 spiro atoms. The molecule has 0 aliphatic carbocycles. The highest BCUT2D eigenvalue weighted by atomic mass is 14.7. The number of hydrogen-bond acceptors (Lipinski definition) is 2. The van der Waals surface area contributed by atoms with Gasteiger partial charge in [-0.25, -0.2) is 0 Å². The van der Waals surface area contributed by atoms with Gasteiger partial charge in [-0.1, -0.05) is 13.8 Å². The third-order valence-corrected chi connectivity index (χ3v) is 0.669. The maximum Gasteiger partial charge on any atom is 0.0491 e. The highest BCUT2D eigenvalue weighted by Crippen LogP contribution is 1.65. The van der Waals surface area contributed by atoms with Crippen molar-refractivity contribution in [2.75, 3.05) is 14.1 Å². The van der Waals surface area contributed by atoms with Crippen molar-refractivity contribution in [2.45, 2.75) is 20.8 Å². The molecule has 0 N–H and O–H groups in total. The Labute approximate surface area is 57.7 Å². The van der Waals surface area contributed by atoms with Gasteiger partial charge in [0.2, 0.25) is 0 Å². The molecule has 0 atom stereocenters. The van der Waals surface area contributed by atoms with Crippen molar-refractivity contribution in [3.63, 3.8) is 0 Å². The molecule has 0 unspecified atom stereocenters. The fourth-order valence-electron chi connectivity index (χ4n) is 0.245. The standard InChI is InChI=1S/C5H10N2.C2H6/c1-5(7-3)4-6-2;1-2/h4H,1-3H3;1-2H3. The van der Waals surface area contributed by atoms with Crippen LogP contribution in [-0.4, -0.2) is 26.0 Å². The second kappa shape index (κ2) is 10.3. The van der Waals surface area contributed by atoms with E-state index in [2.05, 4.69) is 9.98 Å². The normalized spacial score (nSPS) is 11.0. The van der Waals surface area contributed by atoms with Gasteiger partial charge in [0.15, 0.2) is 0 Å². The molecule has 9 heavy (non-hydrogen) atoms. The highest BCUT2D eigenvalue weighted by molar-refractivity contribution is 6.29. The lowest BCUT2D eigenvalue weighted by molar-refractivity contribution is 1.43. The van der Waals surface area contributed by atoms with Crippen molar-refractivity contribution < 1.29 is 0 Å². The van der Waals surface area contributed by atoms with Gasteiger partial charge in [-0.2, -0.15) is 0 Å². The van der Waals surface area contributed by atoms with Crippen LogP contribution in [0.1, 0.15) is 20.8 Å². The average Bonchev–Trinajstić information content (AvgIpc) is 1.93. The predicted octanol–water partition coefficient (Wildman–Crippen LogP) is 1.80. The zero-order chi connectivity index (χ0) is 7.70. The maximum absolute atomic E-state index is 3.85. The van der Waals surface area contributed by atoms with Gasteiger partial charge < -0.3 is 0 Å². The molecule has 0 heterocycles. The summed E-state index contributed by atoms with van der Waals surface area (Å²) >= 11 is 0. The molecular formula is C7H16N2. The predicted molar refractivity (Wildman–Crippen MR) is 44.8 cm³/mol. The molecule has 54 valence electrons. The first kappa shape index (κ1) is 11.2. The summed E-state index contributed by atoms with van der Waals surface area (Å²) in [5.74, 6) is 0. The van der Waals surface area contributed by atoms with E-state index >= 15 is 0 Å². The van der Waals surface area contributed by atoms with Crippen LogP contribution >= 0.6 is 0 Å². The molecule has 0 amide bonds. The Hall–Kier alpha value is -0.660. The molecule has 2 nitrogen and oxygen atoms in total. The highest BCUT2D eigenvalue weighted by Gasteiger charge is 1.73. The molecule has 0 aromatic heterocycles. The monoisotopic (exact) mass is 128 g/mol. The smallest absolute Gasteiger partial charge is 0.0491 e. The Morgan fingerprint density at radius 1 is 1.22 bits per heavy atom. The lowest BCUT2D eigenvalue weighted by Crippen LogP contribution is -1.89. The van der Waals surface area contributed by atoms with E-state index in [9.17, 15) is 0 Å². The van der Waals surface area contributed by atoms with Crippen molar-refractivity contribution in [1.29, 1.82) is 0 Å². The first-order valence-corrected chi connectivity index (χ1v) is 3.16. The Morgan fingerprint density at radius 3 is 1.78 bits per heavy atom. The average molecular weight is 128 g/mol. The minimum atomic E-state index is 0.961. The summed E-state index contributed by atoms with van der Waals surface area (Å²) in [6.07, 6.45) is 1.72. The number of nitrogens with zero attached hydrogens (tertiary/aromatic N) is 2. The molecule has 0 aliphatic rings. The van der Waals surface area contributed by atoms with Crippen LogP contribution in [-0.2, 0) is 0 Å². The van der Waals surface area contributed by atoms with E-state index in [1.165, 1.54) is 0 Å². The molecule has 0 fully saturated rings. The van der Waals surface area contributed by atoms with E-state index in [1.54, 1.807) is 20.3 Å². The van der Waals surface area contributed by atoms with Crippen molar-refractivity contribution in [3.8, 4) is 0 Å². The quantitative estimate of drug-likeness (QED) is 0.481. The van der Waals surface area contributed by atoms with Crippen LogP contribution in [0.25, 0.3) is 0 Å². The fraction of sp³-hybridized carbons (Fsp3) is 0.714. The SMILES string of the molecule is CC.CN=CC(C)=NC. The third-order valence-electron chi connectivity index (χ3n) is 0.669. The summed E-state index contributed by atoms with van der Waals surface area (Å²) in [5, 5.41) is 0. The first-order chi connectivity index (χ1) is 4.31. The van der Waals surface area contributed by atoms with Crippen molar-refractivity contribution >= 4 is 11.9 Å². The first-order valence-electron chi connectivity index (χ1n) is 3.16. The fourth-order valence-corrected chi connectivity index (χ4v) is 0.245. The summed E-state index contributed by atoms with van der Waals surface area (Å²) in [6, 6.07) is 0. The van der Waals surface area contributed by atoms with E-state index in [0.717, 1.165) is 5.71 Å². The summed E-state index contributed by atoms with van der Waals surface area (Å²) < 4.78 is 0. The van der Waals surface area contributed by atoms with Gasteiger partial charge in [0, 0.05) is 26.0 Å². The molecule has 0 aliphatic heterocycles. The van der Waals surface area contributed by atoms with Crippen LogP contribution in [0.4, 0.5) is 0 Å². The number of rotatable bonds is 1. The minimum absolute atomic E-state index is 0.961. The third kappa shape index (κ3) is 11.1. The van der Waals surface area contributed by atoms with Crippen LogP contribution < -0.4 is 0 Å². The summed E-state index contributed by atoms with van der Waals surface area (Å²) in [6.45, 7) is 5.91. The maximum atomic E-state index is 3.85. The second-order valence-corrected chi connectivity index (χ2v) is 1.25. The van der Waals surface area contributed by atoms with Crippen LogP contribution in [0.5, 0.6) is 0 Å². The largest absolute Gasteiger partial charge is 0.295 e. The Kier molecular flexibility index (Phi) is 12.9. The van der Waals surface area contributed by atoms with Crippen LogP contribution in [0.15, 0.2) is 9.98 Å². The van der Waals surface area contributed by atoms with Gasteiger partial charge in [-0.15, -0.1) is 0 Å². The number of aliphatic imine (C=N–C) groups is 2. The zero-order valence-corrected chi connectivity index (χ0v) is 6.97. The summed E-state index contributed by atoms with van der Waals surface area (Å²) in [5.41, 5.74) is 0.961. The lowest BCUT2D eigenvalue weighted by Gasteiger charge is -1.80. The van der Waals surface area contributed by atoms with Crippen LogP contribution in [0.3, 0.4) is 0 Å². The van der Waals surface area contributed by atoms with Crippen LogP contribution in [0.2, 0.25) is 0 Å². The van der Waals surface area contributed by atoms with E-state index in [4.69, 9.17) is 0 Å². The Bertz CT molecular complexity index is 93.1. The molecule has 0 radical (unpaired) electrons. The van der Waals surface area contributed by atoms with E-state index < -0.39 is 0 Å². The van der Waals surface area contributed by atoms with Crippen molar-refractivity contribution in [1.82, 2.24) is 0 Å². The van der Waals surface area contributed by atoms with E-state index in [-0.39, 0.29) is 0 Å². The van der Waals surface area contributed by atoms with E-state index in [0.29, 0.717) is 0 Å².